The zero-order valence-corrected chi connectivity index (χ0v) is 11.0. The molecular formula is C15H20N2O2. The second-order valence-electron chi connectivity index (χ2n) is 5.32. The quantitative estimate of drug-likeness (QED) is 0.856. The van der Waals surface area contributed by atoms with E-state index in [1.54, 1.807) is 0 Å². The van der Waals surface area contributed by atoms with Gasteiger partial charge in [-0.3, -0.25) is 4.79 Å². The van der Waals surface area contributed by atoms with Gasteiger partial charge in [0.2, 0.25) is 5.91 Å². The van der Waals surface area contributed by atoms with E-state index in [4.69, 9.17) is 4.74 Å². The normalized spacial score (nSPS) is 22.6. The molecule has 0 aromatic heterocycles. The van der Waals surface area contributed by atoms with Gasteiger partial charge in [-0.2, -0.15) is 0 Å². The van der Waals surface area contributed by atoms with Crippen LogP contribution in [0.25, 0.3) is 0 Å². The molecule has 0 radical (unpaired) electrons. The Labute approximate surface area is 113 Å². The number of rotatable bonds is 3. The molecule has 2 aliphatic heterocycles. The predicted octanol–water partition coefficient (Wildman–Crippen LogP) is 1.11. The molecule has 2 aliphatic rings. The molecule has 0 aliphatic carbocycles. The van der Waals surface area contributed by atoms with E-state index in [-0.39, 0.29) is 17.9 Å². The van der Waals surface area contributed by atoms with Gasteiger partial charge in [0.05, 0.1) is 6.54 Å². The molecule has 1 atom stereocenters. The molecule has 1 saturated heterocycles. The fraction of sp³-hybridized carbons (Fsp3) is 0.533. The number of carbonyl (C=O) groups is 1. The largest absolute Gasteiger partial charge is 0.488 e. The summed E-state index contributed by atoms with van der Waals surface area (Å²) < 4.78 is 5.82. The van der Waals surface area contributed by atoms with E-state index < -0.39 is 0 Å². The zero-order valence-electron chi connectivity index (χ0n) is 11.0. The fourth-order valence-corrected chi connectivity index (χ4v) is 2.81. The van der Waals surface area contributed by atoms with Crippen molar-refractivity contribution in [2.45, 2.75) is 25.4 Å². The number of para-hydroxylation sites is 1. The third-order valence-electron chi connectivity index (χ3n) is 3.93. The van der Waals surface area contributed by atoms with Gasteiger partial charge in [-0.05, 0) is 37.6 Å². The van der Waals surface area contributed by atoms with Gasteiger partial charge in [-0.15, -0.1) is 0 Å². The summed E-state index contributed by atoms with van der Waals surface area (Å²) >= 11 is 0. The fourth-order valence-electron chi connectivity index (χ4n) is 2.81. The molecule has 3 rings (SSSR count). The molecule has 1 aromatic rings. The third-order valence-corrected chi connectivity index (χ3v) is 3.93. The summed E-state index contributed by atoms with van der Waals surface area (Å²) in [5, 5.41) is 6.31. The van der Waals surface area contributed by atoms with Gasteiger partial charge in [-0.1, -0.05) is 18.2 Å². The van der Waals surface area contributed by atoms with Crippen LogP contribution in [0.2, 0.25) is 0 Å². The molecule has 4 heteroatoms. The Morgan fingerprint density at radius 3 is 2.89 bits per heavy atom. The van der Waals surface area contributed by atoms with Crippen molar-refractivity contribution >= 4 is 5.91 Å². The van der Waals surface area contributed by atoms with Crippen molar-refractivity contribution in [1.82, 2.24) is 10.6 Å². The van der Waals surface area contributed by atoms with E-state index in [2.05, 4.69) is 16.7 Å². The van der Waals surface area contributed by atoms with Crippen LogP contribution in [-0.4, -0.2) is 31.6 Å². The predicted molar refractivity (Wildman–Crippen MR) is 73.2 cm³/mol. The number of hydrogen-bond acceptors (Lipinski definition) is 3. The van der Waals surface area contributed by atoms with Gasteiger partial charge >= 0.3 is 0 Å². The molecule has 0 spiro atoms. The first kappa shape index (κ1) is 12.5. The maximum absolute atomic E-state index is 12.0. The van der Waals surface area contributed by atoms with Gasteiger partial charge in [0.1, 0.15) is 11.9 Å². The van der Waals surface area contributed by atoms with E-state index in [0.29, 0.717) is 6.54 Å². The Morgan fingerprint density at radius 1 is 1.32 bits per heavy atom. The van der Waals surface area contributed by atoms with Gasteiger partial charge in [0, 0.05) is 12.3 Å². The lowest BCUT2D eigenvalue weighted by atomic mass is 9.97. The van der Waals surface area contributed by atoms with Crippen LogP contribution in [0.15, 0.2) is 24.3 Å². The van der Waals surface area contributed by atoms with E-state index in [1.165, 1.54) is 5.56 Å². The van der Waals surface area contributed by atoms with Crippen molar-refractivity contribution in [3.63, 3.8) is 0 Å². The first-order valence-electron chi connectivity index (χ1n) is 7.06. The average molecular weight is 260 g/mol. The first-order chi connectivity index (χ1) is 9.33. The molecule has 0 saturated carbocycles. The molecule has 19 heavy (non-hydrogen) atoms. The second-order valence-corrected chi connectivity index (χ2v) is 5.32. The Balaban J connectivity index is 1.47. The number of amides is 1. The SMILES string of the molecule is O=C(NCC1Cc2ccccc2O1)C1CCNCC1. The van der Waals surface area contributed by atoms with Gasteiger partial charge < -0.3 is 15.4 Å². The van der Waals surface area contributed by atoms with Crippen LogP contribution in [-0.2, 0) is 11.2 Å². The standard InChI is InChI=1S/C15H20N2O2/c18-15(11-5-7-16-8-6-11)17-10-13-9-12-3-1-2-4-14(12)19-13/h1-4,11,13,16H,5-10H2,(H,17,18). The Hall–Kier alpha value is -1.55. The summed E-state index contributed by atoms with van der Waals surface area (Å²) in [6.07, 6.45) is 2.86. The van der Waals surface area contributed by atoms with Crippen LogP contribution in [0.5, 0.6) is 5.75 Å². The molecule has 4 nitrogen and oxygen atoms in total. The number of piperidine rings is 1. The first-order valence-corrected chi connectivity index (χ1v) is 7.06. The summed E-state index contributed by atoms with van der Waals surface area (Å²) in [4.78, 5) is 12.0. The van der Waals surface area contributed by atoms with Gasteiger partial charge in [0.15, 0.2) is 0 Å². The van der Waals surface area contributed by atoms with E-state index in [1.807, 2.05) is 18.2 Å². The molecule has 0 bridgehead atoms. The minimum Gasteiger partial charge on any atom is -0.488 e. The Morgan fingerprint density at radius 2 is 2.11 bits per heavy atom. The zero-order chi connectivity index (χ0) is 13.1. The highest BCUT2D eigenvalue weighted by molar-refractivity contribution is 5.78. The highest BCUT2D eigenvalue weighted by Crippen LogP contribution is 2.27. The third kappa shape index (κ3) is 2.89. The smallest absolute Gasteiger partial charge is 0.223 e. The highest BCUT2D eigenvalue weighted by atomic mass is 16.5. The lowest BCUT2D eigenvalue weighted by Crippen LogP contribution is -2.41. The number of fused-ring (bicyclic) bond motifs is 1. The molecule has 2 heterocycles. The van der Waals surface area contributed by atoms with E-state index in [0.717, 1.165) is 38.1 Å². The number of benzene rings is 1. The van der Waals surface area contributed by atoms with Crippen molar-refractivity contribution in [2.24, 2.45) is 5.92 Å². The lowest BCUT2D eigenvalue weighted by Gasteiger charge is -2.22. The van der Waals surface area contributed by atoms with Crippen LogP contribution in [0, 0.1) is 5.92 Å². The summed E-state index contributed by atoms with van der Waals surface area (Å²) in [6.45, 7) is 2.50. The molecule has 1 unspecified atom stereocenters. The molecule has 2 N–H and O–H groups in total. The van der Waals surface area contributed by atoms with Crippen molar-refractivity contribution in [2.75, 3.05) is 19.6 Å². The maximum Gasteiger partial charge on any atom is 0.223 e. The summed E-state index contributed by atoms with van der Waals surface area (Å²) in [7, 11) is 0. The van der Waals surface area contributed by atoms with Crippen molar-refractivity contribution in [3.05, 3.63) is 29.8 Å². The lowest BCUT2D eigenvalue weighted by molar-refractivity contribution is -0.126. The molecular weight excluding hydrogens is 240 g/mol. The number of carbonyl (C=O) groups excluding carboxylic acids is 1. The van der Waals surface area contributed by atoms with Crippen LogP contribution in [0.1, 0.15) is 18.4 Å². The highest BCUT2D eigenvalue weighted by Gasteiger charge is 2.25. The minimum absolute atomic E-state index is 0.0862. The van der Waals surface area contributed by atoms with Crippen molar-refractivity contribution in [3.8, 4) is 5.75 Å². The Kier molecular flexibility index (Phi) is 3.69. The summed E-state index contributed by atoms with van der Waals surface area (Å²) in [6, 6.07) is 8.08. The van der Waals surface area contributed by atoms with Crippen LogP contribution in [0.3, 0.4) is 0 Å². The molecule has 1 aromatic carbocycles. The van der Waals surface area contributed by atoms with Crippen molar-refractivity contribution in [1.29, 1.82) is 0 Å². The maximum atomic E-state index is 12.0. The average Bonchev–Trinajstić information content (AvgIpc) is 2.88. The molecule has 102 valence electrons. The van der Waals surface area contributed by atoms with Crippen LogP contribution in [0.4, 0.5) is 0 Å². The molecule has 1 fully saturated rings. The molecule has 1 amide bonds. The van der Waals surface area contributed by atoms with E-state index >= 15 is 0 Å². The summed E-state index contributed by atoms with van der Waals surface area (Å²) in [5.41, 5.74) is 1.24. The monoisotopic (exact) mass is 260 g/mol. The summed E-state index contributed by atoms with van der Waals surface area (Å²) in [5.74, 6) is 1.31. The van der Waals surface area contributed by atoms with Gasteiger partial charge in [-0.25, -0.2) is 0 Å². The second kappa shape index (κ2) is 5.61. The number of hydrogen-bond donors (Lipinski definition) is 2. The van der Waals surface area contributed by atoms with E-state index in [9.17, 15) is 4.79 Å². The van der Waals surface area contributed by atoms with Crippen LogP contribution >= 0.6 is 0 Å². The van der Waals surface area contributed by atoms with Crippen molar-refractivity contribution < 1.29 is 9.53 Å². The number of nitrogens with one attached hydrogen (secondary N) is 2. The van der Waals surface area contributed by atoms with Crippen LogP contribution < -0.4 is 15.4 Å². The minimum atomic E-state index is 0.0862. The topological polar surface area (TPSA) is 50.4 Å². The number of ether oxygens (including phenoxy) is 1. The Bertz CT molecular complexity index is 430. The van der Waals surface area contributed by atoms with Gasteiger partial charge in [0.25, 0.3) is 0 Å².